The smallest absolute Gasteiger partial charge is 0.211 e. The molecule has 0 unspecified atom stereocenters. The summed E-state index contributed by atoms with van der Waals surface area (Å²) in [7, 11) is 1.61. The summed E-state index contributed by atoms with van der Waals surface area (Å²) in [6.45, 7) is 4.94. The van der Waals surface area contributed by atoms with Crippen molar-refractivity contribution in [2.75, 3.05) is 13.7 Å². The monoisotopic (exact) mass is 278 g/mol. The molecule has 6 nitrogen and oxygen atoms in total. The van der Waals surface area contributed by atoms with E-state index in [4.69, 9.17) is 20.9 Å². The molecule has 6 heteroatoms. The van der Waals surface area contributed by atoms with Gasteiger partial charge in [0.1, 0.15) is 0 Å². The number of methoxy groups -OCH3 is 1. The van der Waals surface area contributed by atoms with Crippen LogP contribution < -0.4 is 20.9 Å². The fraction of sp³-hybridized carbons (Fsp3) is 0.429. The average Bonchev–Trinajstić information content (AvgIpc) is 2.38. The van der Waals surface area contributed by atoms with Crippen molar-refractivity contribution in [1.82, 2.24) is 0 Å². The molecule has 0 radical (unpaired) electrons. The molecule has 1 aromatic carbocycles. The first-order chi connectivity index (χ1) is 9.52. The van der Waals surface area contributed by atoms with E-state index in [1.54, 1.807) is 13.3 Å². The summed E-state index contributed by atoms with van der Waals surface area (Å²) >= 11 is 0. The minimum Gasteiger partial charge on any atom is -0.493 e. The molecule has 110 valence electrons. The first kappa shape index (κ1) is 15.8. The van der Waals surface area contributed by atoms with Crippen molar-refractivity contribution in [2.45, 2.75) is 20.3 Å². The quantitative estimate of drug-likeness (QED) is 0.451. The molecule has 0 aliphatic rings. The minimum absolute atomic E-state index is 0.0804. The molecule has 0 aliphatic heterocycles. The van der Waals surface area contributed by atoms with Crippen LogP contribution in [0.1, 0.15) is 25.8 Å². The van der Waals surface area contributed by atoms with Crippen LogP contribution in [0.4, 0.5) is 0 Å². The van der Waals surface area contributed by atoms with Gasteiger partial charge in [-0.3, -0.25) is 0 Å². The molecular formula is C14H22N4O2. The fourth-order valence-corrected chi connectivity index (χ4v) is 1.45. The highest BCUT2D eigenvalue weighted by molar-refractivity contribution is 5.82. The third-order valence-electron chi connectivity index (χ3n) is 2.52. The third-order valence-corrected chi connectivity index (χ3v) is 2.52. The predicted octanol–water partition coefficient (Wildman–Crippen LogP) is 1.73. The molecule has 1 aromatic rings. The lowest BCUT2D eigenvalue weighted by molar-refractivity contribution is 0.273. The van der Waals surface area contributed by atoms with E-state index >= 15 is 0 Å². The van der Waals surface area contributed by atoms with Crippen LogP contribution in [0, 0.1) is 5.92 Å². The fourth-order valence-electron chi connectivity index (χ4n) is 1.45. The van der Waals surface area contributed by atoms with Crippen molar-refractivity contribution in [1.29, 1.82) is 0 Å². The summed E-state index contributed by atoms with van der Waals surface area (Å²) in [5.74, 6) is 1.88. The molecule has 0 atom stereocenters. The second-order valence-electron chi connectivity index (χ2n) is 4.71. The summed E-state index contributed by atoms with van der Waals surface area (Å²) in [6, 6.07) is 5.51. The van der Waals surface area contributed by atoms with Gasteiger partial charge < -0.3 is 20.9 Å². The highest BCUT2D eigenvalue weighted by atomic mass is 16.5. The number of hydrogen-bond donors (Lipinski definition) is 2. The molecule has 0 fully saturated rings. The summed E-state index contributed by atoms with van der Waals surface area (Å²) in [4.78, 5) is 0. The van der Waals surface area contributed by atoms with Gasteiger partial charge in [-0.1, -0.05) is 13.8 Å². The zero-order chi connectivity index (χ0) is 15.0. The summed E-state index contributed by atoms with van der Waals surface area (Å²) < 4.78 is 11.0. The van der Waals surface area contributed by atoms with E-state index in [1.807, 2.05) is 18.2 Å². The van der Waals surface area contributed by atoms with Crippen LogP contribution in [0.3, 0.4) is 0 Å². The van der Waals surface area contributed by atoms with Crippen molar-refractivity contribution in [2.24, 2.45) is 27.6 Å². The van der Waals surface area contributed by atoms with Gasteiger partial charge in [-0.15, -0.1) is 5.10 Å². The van der Waals surface area contributed by atoms with Crippen LogP contribution in [-0.4, -0.2) is 25.9 Å². The van der Waals surface area contributed by atoms with E-state index in [0.29, 0.717) is 24.0 Å². The first-order valence-electron chi connectivity index (χ1n) is 6.45. The van der Waals surface area contributed by atoms with E-state index in [0.717, 1.165) is 12.0 Å². The molecule has 20 heavy (non-hydrogen) atoms. The van der Waals surface area contributed by atoms with E-state index in [1.165, 1.54) is 0 Å². The molecule has 0 bridgehead atoms. The van der Waals surface area contributed by atoms with Crippen LogP contribution in [0.25, 0.3) is 0 Å². The number of benzene rings is 1. The van der Waals surface area contributed by atoms with Crippen LogP contribution in [0.2, 0.25) is 0 Å². The second-order valence-corrected chi connectivity index (χ2v) is 4.71. The maximum Gasteiger partial charge on any atom is 0.211 e. The zero-order valence-electron chi connectivity index (χ0n) is 12.2. The van der Waals surface area contributed by atoms with Crippen LogP contribution >= 0.6 is 0 Å². The van der Waals surface area contributed by atoms with Gasteiger partial charge in [-0.05, 0) is 36.1 Å². The highest BCUT2D eigenvalue weighted by Crippen LogP contribution is 2.27. The van der Waals surface area contributed by atoms with Gasteiger partial charge in [0.15, 0.2) is 11.5 Å². The van der Waals surface area contributed by atoms with Crippen molar-refractivity contribution >= 4 is 12.2 Å². The Labute approximate surface area is 119 Å². The SMILES string of the molecule is COc1ccc(C=NN=C(N)N)cc1OCCC(C)C. The number of nitrogens with zero attached hydrogens (tertiary/aromatic N) is 2. The summed E-state index contributed by atoms with van der Waals surface area (Å²) in [5.41, 5.74) is 11.2. The van der Waals surface area contributed by atoms with Gasteiger partial charge in [0, 0.05) is 0 Å². The molecule has 4 N–H and O–H groups in total. The lowest BCUT2D eigenvalue weighted by Crippen LogP contribution is -2.21. The van der Waals surface area contributed by atoms with Crippen molar-refractivity contribution in [3.63, 3.8) is 0 Å². The standard InChI is InChI=1S/C14H22N4O2/c1-10(2)6-7-20-13-8-11(4-5-12(13)19-3)9-17-18-14(15)16/h4-5,8-10H,6-7H2,1-3H3,(H4,15,16,18). The molecule has 0 saturated carbocycles. The van der Waals surface area contributed by atoms with Crippen molar-refractivity contribution in [3.05, 3.63) is 23.8 Å². The molecule has 0 amide bonds. The lowest BCUT2D eigenvalue weighted by atomic mass is 10.1. The largest absolute Gasteiger partial charge is 0.493 e. The highest BCUT2D eigenvalue weighted by Gasteiger charge is 2.05. The third kappa shape index (κ3) is 5.60. The Bertz CT molecular complexity index is 480. The Kier molecular flexibility index (Phi) is 6.36. The van der Waals surface area contributed by atoms with Gasteiger partial charge in [-0.2, -0.15) is 5.10 Å². The Morgan fingerprint density at radius 3 is 2.65 bits per heavy atom. The van der Waals surface area contributed by atoms with Gasteiger partial charge >= 0.3 is 0 Å². The maximum absolute atomic E-state index is 5.74. The molecular weight excluding hydrogens is 256 g/mol. The Morgan fingerprint density at radius 1 is 1.30 bits per heavy atom. The van der Waals surface area contributed by atoms with Crippen LogP contribution in [-0.2, 0) is 0 Å². The van der Waals surface area contributed by atoms with Crippen LogP contribution in [0.5, 0.6) is 11.5 Å². The molecule has 0 spiro atoms. The Morgan fingerprint density at radius 2 is 2.05 bits per heavy atom. The number of ether oxygens (including phenoxy) is 2. The summed E-state index contributed by atoms with van der Waals surface area (Å²) in [6.07, 6.45) is 2.53. The first-order valence-corrected chi connectivity index (χ1v) is 6.45. The average molecular weight is 278 g/mol. The maximum atomic E-state index is 5.74. The molecule has 0 saturated heterocycles. The van der Waals surface area contributed by atoms with Crippen molar-refractivity contribution in [3.8, 4) is 11.5 Å². The minimum atomic E-state index is -0.0804. The molecule has 1 rings (SSSR count). The number of nitrogens with two attached hydrogens (primary N) is 2. The molecule has 0 aromatic heterocycles. The van der Waals surface area contributed by atoms with Crippen molar-refractivity contribution < 1.29 is 9.47 Å². The predicted molar refractivity (Wildman–Crippen MR) is 81.3 cm³/mol. The van der Waals surface area contributed by atoms with Gasteiger partial charge in [0.25, 0.3) is 0 Å². The molecule has 0 heterocycles. The van der Waals surface area contributed by atoms with E-state index < -0.39 is 0 Å². The number of rotatable bonds is 7. The number of guanidine groups is 1. The second kappa shape index (κ2) is 8.04. The normalized spacial score (nSPS) is 10.8. The Hall–Kier alpha value is -2.24. The number of hydrogen-bond acceptors (Lipinski definition) is 4. The van der Waals surface area contributed by atoms with Crippen LogP contribution in [0.15, 0.2) is 28.4 Å². The lowest BCUT2D eigenvalue weighted by Gasteiger charge is -2.12. The van der Waals surface area contributed by atoms with Gasteiger partial charge in [-0.25, -0.2) is 0 Å². The van der Waals surface area contributed by atoms with E-state index in [2.05, 4.69) is 24.1 Å². The van der Waals surface area contributed by atoms with Gasteiger partial charge in [0.2, 0.25) is 5.96 Å². The molecule has 0 aliphatic carbocycles. The zero-order valence-corrected chi connectivity index (χ0v) is 12.2. The van der Waals surface area contributed by atoms with E-state index in [-0.39, 0.29) is 5.96 Å². The summed E-state index contributed by atoms with van der Waals surface area (Å²) in [5, 5.41) is 7.31. The van der Waals surface area contributed by atoms with E-state index in [9.17, 15) is 0 Å². The Balaban J connectivity index is 2.79. The topological polar surface area (TPSA) is 95.2 Å². The van der Waals surface area contributed by atoms with Gasteiger partial charge in [0.05, 0.1) is 19.9 Å².